The minimum atomic E-state index is -3.17. The maximum absolute atomic E-state index is 11.8. The Balaban J connectivity index is 2.65. The second kappa shape index (κ2) is 6.49. The Hall–Kier alpha value is -0.430. The van der Waals surface area contributed by atoms with Crippen LogP contribution in [-0.4, -0.2) is 39.1 Å². The predicted molar refractivity (Wildman–Crippen MR) is 73.3 cm³/mol. The minimum Gasteiger partial charge on any atom is -0.319 e. The fraction of sp³-hybridized carbons (Fsp3) is 0.455. The third kappa shape index (κ3) is 4.75. The SMILES string of the molecule is CNCCS(=O)(=O)N(C)Cc1ccc(Br)cc1. The average molecular weight is 321 g/mol. The number of nitrogens with zero attached hydrogens (tertiary/aromatic N) is 1. The fourth-order valence-corrected chi connectivity index (χ4v) is 2.72. The molecule has 0 fully saturated rings. The average Bonchev–Trinajstić information content (AvgIpc) is 2.29. The van der Waals surface area contributed by atoms with Gasteiger partial charge in [-0.3, -0.25) is 0 Å². The quantitative estimate of drug-likeness (QED) is 0.862. The van der Waals surface area contributed by atoms with Crippen molar-refractivity contribution in [3.8, 4) is 0 Å². The Morgan fingerprint density at radius 2 is 1.88 bits per heavy atom. The zero-order valence-electron chi connectivity index (χ0n) is 9.98. The number of nitrogens with one attached hydrogen (secondary N) is 1. The highest BCUT2D eigenvalue weighted by Gasteiger charge is 2.16. The van der Waals surface area contributed by atoms with Crippen molar-refractivity contribution in [1.29, 1.82) is 0 Å². The summed E-state index contributed by atoms with van der Waals surface area (Å²) in [5.41, 5.74) is 0.976. The van der Waals surface area contributed by atoms with E-state index in [1.54, 1.807) is 14.1 Å². The summed E-state index contributed by atoms with van der Waals surface area (Å²) in [6.07, 6.45) is 0. The molecule has 0 aliphatic heterocycles. The summed E-state index contributed by atoms with van der Waals surface area (Å²) in [4.78, 5) is 0. The Kier molecular flexibility index (Phi) is 5.58. The largest absolute Gasteiger partial charge is 0.319 e. The molecule has 0 saturated heterocycles. The summed E-state index contributed by atoms with van der Waals surface area (Å²) >= 11 is 3.35. The molecule has 1 aromatic rings. The van der Waals surface area contributed by atoms with Crippen molar-refractivity contribution >= 4 is 26.0 Å². The number of sulfonamides is 1. The van der Waals surface area contributed by atoms with Crippen molar-refractivity contribution < 1.29 is 8.42 Å². The monoisotopic (exact) mass is 320 g/mol. The van der Waals surface area contributed by atoms with Crippen molar-refractivity contribution in [2.45, 2.75) is 6.54 Å². The number of hydrogen-bond donors (Lipinski definition) is 1. The Morgan fingerprint density at radius 3 is 2.41 bits per heavy atom. The van der Waals surface area contributed by atoms with E-state index in [1.807, 2.05) is 24.3 Å². The summed E-state index contributed by atoms with van der Waals surface area (Å²) in [5.74, 6) is 0.122. The van der Waals surface area contributed by atoms with E-state index in [4.69, 9.17) is 0 Å². The van der Waals surface area contributed by atoms with Gasteiger partial charge in [-0.05, 0) is 24.7 Å². The number of hydrogen-bond acceptors (Lipinski definition) is 3. The van der Waals surface area contributed by atoms with Crippen LogP contribution in [0, 0.1) is 0 Å². The van der Waals surface area contributed by atoms with Gasteiger partial charge in [-0.2, -0.15) is 0 Å². The van der Waals surface area contributed by atoms with Crippen LogP contribution in [0.25, 0.3) is 0 Å². The lowest BCUT2D eigenvalue weighted by Crippen LogP contribution is -2.32. The topological polar surface area (TPSA) is 49.4 Å². The Morgan fingerprint density at radius 1 is 1.29 bits per heavy atom. The second-order valence-corrected chi connectivity index (χ2v) is 6.91. The molecule has 6 heteroatoms. The van der Waals surface area contributed by atoms with Crippen LogP contribution in [-0.2, 0) is 16.6 Å². The van der Waals surface area contributed by atoms with Crippen LogP contribution >= 0.6 is 15.9 Å². The van der Waals surface area contributed by atoms with Crippen LogP contribution in [0.3, 0.4) is 0 Å². The first-order valence-electron chi connectivity index (χ1n) is 5.29. The van der Waals surface area contributed by atoms with Crippen molar-refractivity contribution in [1.82, 2.24) is 9.62 Å². The molecule has 1 aromatic carbocycles. The molecule has 1 N–H and O–H groups in total. The van der Waals surface area contributed by atoms with Gasteiger partial charge in [0.25, 0.3) is 0 Å². The summed E-state index contributed by atoms with van der Waals surface area (Å²) in [6, 6.07) is 7.63. The van der Waals surface area contributed by atoms with E-state index in [9.17, 15) is 8.42 Å². The lowest BCUT2D eigenvalue weighted by Gasteiger charge is -2.17. The van der Waals surface area contributed by atoms with Gasteiger partial charge in [0, 0.05) is 24.6 Å². The van der Waals surface area contributed by atoms with E-state index in [2.05, 4.69) is 21.2 Å². The highest BCUT2D eigenvalue weighted by molar-refractivity contribution is 9.10. The molecule has 0 bridgehead atoms. The molecule has 0 amide bonds. The van der Waals surface area contributed by atoms with Gasteiger partial charge < -0.3 is 5.32 Å². The third-order valence-corrected chi connectivity index (χ3v) is 4.73. The normalized spacial score (nSPS) is 12.0. The van der Waals surface area contributed by atoms with Crippen LogP contribution in [0.4, 0.5) is 0 Å². The molecular formula is C11H17BrN2O2S. The van der Waals surface area contributed by atoms with Gasteiger partial charge in [-0.15, -0.1) is 0 Å². The molecule has 17 heavy (non-hydrogen) atoms. The zero-order chi connectivity index (χ0) is 12.9. The molecule has 0 radical (unpaired) electrons. The van der Waals surface area contributed by atoms with Gasteiger partial charge >= 0.3 is 0 Å². The van der Waals surface area contributed by atoms with Crippen molar-refractivity contribution in [3.05, 3.63) is 34.3 Å². The van der Waals surface area contributed by atoms with Crippen LogP contribution in [0.15, 0.2) is 28.7 Å². The van der Waals surface area contributed by atoms with Crippen LogP contribution in [0.1, 0.15) is 5.56 Å². The predicted octanol–water partition coefficient (Wildman–Crippen LogP) is 1.43. The molecule has 0 aliphatic rings. The third-order valence-electron chi connectivity index (χ3n) is 2.40. The molecule has 4 nitrogen and oxygen atoms in total. The summed E-state index contributed by atoms with van der Waals surface area (Å²) in [6.45, 7) is 0.867. The molecule has 0 spiro atoms. The molecular weight excluding hydrogens is 304 g/mol. The second-order valence-electron chi connectivity index (χ2n) is 3.80. The number of rotatable bonds is 6. The summed E-state index contributed by atoms with van der Waals surface area (Å²) < 4.78 is 26.0. The first-order valence-corrected chi connectivity index (χ1v) is 7.69. The van der Waals surface area contributed by atoms with E-state index in [-0.39, 0.29) is 5.75 Å². The van der Waals surface area contributed by atoms with Crippen molar-refractivity contribution in [3.63, 3.8) is 0 Å². The maximum atomic E-state index is 11.8. The van der Waals surface area contributed by atoms with Gasteiger partial charge in [0.15, 0.2) is 0 Å². The van der Waals surface area contributed by atoms with Gasteiger partial charge in [0.05, 0.1) is 5.75 Å². The first kappa shape index (κ1) is 14.6. The Labute approximate surface area is 111 Å². The minimum absolute atomic E-state index is 0.122. The lowest BCUT2D eigenvalue weighted by molar-refractivity contribution is 0.466. The molecule has 0 atom stereocenters. The van der Waals surface area contributed by atoms with Gasteiger partial charge in [0.1, 0.15) is 0 Å². The van der Waals surface area contributed by atoms with Crippen molar-refractivity contribution in [2.24, 2.45) is 0 Å². The standard InChI is InChI=1S/C11H17BrN2O2S/c1-13-7-8-17(15,16)14(2)9-10-3-5-11(12)6-4-10/h3-6,13H,7-9H2,1-2H3. The highest BCUT2D eigenvalue weighted by Crippen LogP contribution is 2.13. The van der Waals surface area contributed by atoms with Gasteiger partial charge in [-0.1, -0.05) is 28.1 Å². The molecule has 96 valence electrons. The molecule has 0 heterocycles. The molecule has 1 rings (SSSR count). The van der Waals surface area contributed by atoms with E-state index in [0.717, 1.165) is 10.0 Å². The van der Waals surface area contributed by atoms with Gasteiger partial charge in [-0.25, -0.2) is 12.7 Å². The molecule has 0 unspecified atom stereocenters. The number of benzene rings is 1. The first-order chi connectivity index (χ1) is 7.95. The fourth-order valence-electron chi connectivity index (χ4n) is 1.33. The molecule has 0 aromatic heterocycles. The van der Waals surface area contributed by atoms with Crippen LogP contribution in [0.5, 0.6) is 0 Å². The number of halogens is 1. The van der Waals surface area contributed by atoms with E-state index >= 15 is 0 Å². The summed E-state index contributed by atoms with van der Waals surface area (Å²) in [7, 11) is 0.173. The van der Waals surface area contributed by atoms with E-state index < -0.39 is 10.0 Å². The van der Waals surface area contributed by atoms with E-state index in [0.29, 0.717) is 13.1 Å². The summed E-state index contributed by atoms with van der Waals surface area (Å²) in [5, 5.41) is 2.84. The highest BCUT2D eigenvalue weighted by atomic mass is 79.9. The van der Waals surface area contributed by atoms with Crippen molar-refractivity contribution in [2.75, 3.05) is 26.4 Å². The smallest absolute Gasteiger partial charge is 0.215 e. The Bertz CT molecular complexity index is 445. The van der Waals surface area contributed by atoms with Crippen LogP contribution < -0.4 is 5.32 Å². The van der Waals surface area contributed by atoms with E-state index in [1.165, 1.54) is 4.31 Å². The maximum Gasteiger partial charge on any atom is 0.215 e. The lowest BCUT2D eigenvalue weighted by atomic mass is 10.2. The van der Waals surface area contributed by atoms with Gasteiger partial charge in [0.2, 0.25) is 10.0 Å². The molecule has 0 saturated carbocycles. The van der Waals surface area contributed by atoms with Crippen LogP contribution in [0.2, 0.25) is 0 Å². The zero-order valence-corrected chi connectivity index (χ0v) is 12.4. The molecule has 0 aliphatic carbocycles.